The minimum Gasteiger partial charge on any atom is -0.478 e. The molecule has 2 heterocycles. The second kappa shape index (κ2) is 4.45. The van der Waals surface area contributed by atoms with Crippen LogP contribution in [-0.4, -0.2) is 20.9 Å². The Kier molecular flexibility index (Phi) is 2.64. The number of aromatic nitrogens is 2. The Hall–Kier alpha value is -2.82. The van der Waals surface area contributed by atoms with Gasteiger partial charge in [-0.3, -0.25) is 0 Å². The summed E-state index contributed by atoms with van der Waals surface area (Å²) >= 11 is 0. The van der Waals surface area contributed by atoms with Gasteiger partial charge in [0.1, 0.15) is 5.76 Å². The zero-order valence-corrected chi connectivity index (χ0v) is 9.85. The van der Waals surface area contributed by atoms with Gasteiger partial charge in [-0.05, 0) is 36.4 Å². The zero-order chi connectivity index (χ0) is 13.2. The summed E-state index contributed by atoms with van der Waals surface area (Å²) < 4.78 is 6.95. The number of rotatable bonds is 3. The van der Waals surface area contributed by atoms with Gasteiger partial charge in [-0.2, -0.15) is 5.10 Å². The lowest BCUT2D eigenvalue weighted by Crippen LogP contribution is -2.02. The number of carboxylic acid groups (broad SMARTS) is 1. The Morgan fingerprint density at radius 1 is 1.26 bits per heavy atom. The van der Waals surface area contributed by atoms with E-state index in [0.29, 0.717) is 11.3 Å². The lowest BCUT2D eigenvalue weighted by molar-refractivity contribution is 0.0697. The summed E-state index contributed by atoms with van der Waals surface area (Å²) in [6.07, 6.45) is 4.97. The first-order valence-electron chi connectivity index (χ1n) is 5.67. The van der Waals surface area contributed by atoms with E-state index in [0.717, 1.165) is 5.69 Å². The molecule has 0 saturated heterocycles. The molecular weight excluding hydrogens is 244 g/mol. The molecule has 2 aromatic heterocycles. The largest absolute Gasteiger partial charge is 0.478 e. The third-order valence-corrected chi connectivity index (χ3v) is 2.79. The summed E-state index contributed by atoms with van der Waals surface area (Å²) in [5.74, 6) is -0.468. The fourth-order valence-electron chi connectivity index (χ4n) is 1.92. The number of nitrogens with zero attached hydrogens (tertiary/aromatic N) is 2. The van der Waals surface area contributed by atoms with Crippen molar-refractivity contribution in [1.29, 1.82) is 0 Å². The molecule has 0 aliphatic rings. The molecule has 0 bridgehead atoms. The molecule has 5 nitrogen and oxygen atoms in total. The van der Waals surface area contributed by atoms with Crippen LogP contribution in [0, 0.1) is 0 Å². The van der Waals surface area contributed by atoms with Crippen LogP contribution in [0.3, 0.4) is 0 Å². The third-order valence-electron chi connectivity index (χ3n) is 2.79. The maximum Gasteiger partial charge on any atom is 0.336 e. The molecule has 3 rings (SSSR count). The highest BCUT2D eigenvalue weighted by Crippen LogP contribution is 2.26. The van der Waals surface area contributed by atoms with Gasteiger partial charge in [-0.15, -0.1) is 0 Å². The van der Waals surface area contributed by atoms with Crippen LogP contribution in [0.15, 0.2) is 59.5 Å². The smallest absolute Gasteiger partial charge is 0.336 e. The van der Waals surface area contributed by atoms with Crippen LogP contribution in [0.2, 0.25) is 0 Å². The van der Waals surface area contributed by atoms with Crippen molar-refractivity contribution in [2.45, 2.75) is 0 Å². The Morgan fingerprint density at radius 2 is 2.16 bits per heavy atom. The van der Waals surface area contributed by atoms with E-state index in [1.165, 1.54) is 6.26 Å². The van der Waals surface area contributed by atoms with Gasteiger partial charge in [0.05, 0.1) is 17.5 Å². The Balaban J connectivity index is 2.18. The van der Waals surface area contributed by atoms with Gasteiger partial charge in [-0.25, -0.2) is 9.48 Å². The number of hydrogen-bond donors (Lipinski definition) is 1. The summed E-state index contributed by atoms with van der Waals surface area (Å²) in [5.41, 5.74) is 1.51. The van der Waals surface area contributed by atoms with Crippen molar-refractivity contribution in [3.8, 4) is 17.0 Å². The SMILES string of the molecule is O=C(O)c1ccc(-n2cccn2)cc1-c1ccco1. The molecule has 0 fully saturated rings. The van der Waals surface area contributed by atoms with E-state index in [2.05, 4.69) is 5.10 Å². The lowest BCUT2D eigenvalue weighted by Gasteiger charge is -2.07. The summed E-state index contributed by atoms with van der Waals surface area (Å²) in [4.78, 5) is 11.3. The van der Waals surface area contributed by atoms with E-state index in [-0.39, 0.29) is 5.56 Å². The van der Waals surface area contributed by atoms with E-state index in [1.807, 2.05) is 0 Å². The van der Waals surface area contributed by atoms with Crippen LogP contribution in [0.4, 0.5) is 0 Å². The minimum absolute atomic E-state index is 0.200. The maximum atomic E-state index is 11.3. The van der Waals surface area contributed by atoms with Gasteiger partial charge in [-0.1, -0.05) is 0 Å². The second-order valence-electron chi connectivity index (χ2n) is 3.96. The van der Waals surface area contributed by atoms with E-state index in [1.54, 1.807) is 53.5 Å². The van der Waals surface area contributed by atoms with E-state index >= 15 is 0 Å². The van der Waals surface area contributed by atoms with Gasteiger partial charge in [0, 0.05) is 18.0 Å². The monoisotopic (exact) mass is 254 g/mol. The van der Waals surface area contributed by atoms with Crippen LogP contribution in [0.25, 0.3) is 17.0 Å². The fraction of sp³-hybridized carbons (Fsp3) is 0. The highest BCUT2D eigenvalue weighted by atomic mass is 16.4. The van der Waals surface area contributed by atoms with Crippen molar-refractivity contribution < 1.29 is 14.3 Å². The van der Waals surface area contributed by atoms with Crippen molar-refractivity contribution in [1.82, 2.24) is 9.78 Å². The molecule has 1 N–H and O–H groups in total. The van der Waals surface area contributed by atoms with E-state index < -0.39 is 5.97 Å². The lowest BCUT2D eigenvalue weighted by atomic mass is 10.0. The number of carbonyl (C=O) groups is 1. The van der Waals surface area contributed by atoms with Crippen LogP contribution in [0.1, 0.15) is 10.4 Å². The number of hydrogen-bond acceptors (Lipinski definition) is 3. The van der Waals surface area contributed by atoms with Gasteiger partial charge in [0.25, 0.3) is 0 Å². The second-order valence-corrected chi connectivity index (χ2v) is 3.96. The quantitative estimate of drug-likeness (QED) is 0.780. The molecule has 3 aromatic rings. The van der Waals surface area contributed by atoms with E-state index in [4.69, 9.17) is 4.42 Å². The van der Waals surface area contributed by atoms with Crippen LogP contribution < -0.4 is 0 Å². The molecule has 5 heteroatoms. The number of benzene rings is 1. The molecule has 0 atom stereocenters. The van der Waals surface area contributed by atoms with Crippen LogP contribution in [0.5, 0.6) is 0 Å². The first kappa shape index (κ1) is 11.3. The fourth-order valence-corrected chi connectivity index (χ4v) is 1.92. The van der Waals surface area contributed by atoms with Crippen molar-refractivity contribution in [2.24, 2.45) is 0 Å². The highest BCUT2D eigenvalue weighted by molar-refractivity contribution is 5.95. The van der Waals surface area contributed by atoms with Crippen molar-refractivity contribution in [2.75, 3.05) is 0 Å². The Labute approximate surface area is 108 Å². The molecular formula is C14H10N2O3. The molecule has 1 aromatic carbocycles. The molecule has 0 saturated carbocycles. The predicted octanol–water partition coefficient (Wildman–Crippen LogP) is 2.83. The van der Waals surface area contributed by atoms with Crippen LogP contribution >= 0.6 is 0 Å². The standard InChI is InChI=1S/C14H10N2O3/c17-14(18)11-5-4-10(16-7-2-6-15-16)9-12(11)13-3-1-8-19-13/h1-9H,(H,17,18). The van der Waals surface area contributed by atoms with E-state index in [9.17, 15) is 9.90 Å². The summed E-state index contributed by atoms with van der Waals surface area (Å²) in [6.45, 7) is 0. The van der Waals surface area contributed by atoms with Gasteiger partial charge < -0.3 is 9.52 Å². The average Bonchev–Trinajstić information content (AvgIpc) is 3.11. The first-order chi connectivity index (χ1) is 9.25. The normalized spacial score (nSPS) is 10.5. The number of furan rings is 1. The molecule has 19 heavy (non-hydrogen) atoms. The first-order valence-corrected chi connectivity index (χ1v) is 5.67. The average molecular weight is 254 g/mol. The Morgan fingerprint density at radius 3 is 2.79 bits per heavy atom. The number of aromatic carboxylic acids is 1. The molecule has 0 aliphatic heterocycles. The summed E-state index contributed by atoms with van der Waals surface area (Å²) in [6, 6.07) is 10.3. The van der Waals surface area contributed by atoms with Gasteiger partial charge >= 0.3 is 5.97 Å². The van der Waals surface area contributed by atoms with Crippen molar-refractivity contribution >= 4 is 5.97 Å². The maximum absolute atomic E-state index is 11.3. The predicted molar refractivity (Wildman–Crippen MR) is 68.2 cm³/mol. The van der Waals surface area contributed by atoms with Crippen molar-refractivity contribution in [3.05, 3.63) is 60.6 Å². The molecule has 94 valence electrons. The third kappa shape index (κ3) is 2.01. The van der Waals surface area contributed by atoms with Crippen molar-refractivity contribution in [3.63, 3.8) is 0 Å². The summed E-state index contributed by atoms with van der Waals surface area (Å²) in [7, 11) is 0. The molecule has 0 radical (unpaired) electrons. The molecule has 0 amide bonds. The number of carboxylic acids is 1. The molecule has 0 aliphatic carbocycles. The minimum atomic E-state index is -0.988. The van der Waals surface area contributed by atoms with Gasteiger partial charge in [0.2, 0.25) is 0 Å². The zero-order valence-electron chi connectivity index (χ0n) is 9.85. The topological polar surface area (TPSA) is 68.3 Å². The van der Waals surface area contributed by atoms with Gasteiger partial charge in [0.15, 0.2) is 0 Å². The molecule has 0 unspecified atom stereocenters. The highest BCUT2D eigenvalue weighted by Gasteiger charge is 2.15. The van der Waals surface area contributed by atoms with Crippen LogP contribution in [-0.2, 0) is 0 Å². The Bertz CT molecular complexity index is 700. The summed E-state index contributed by atoms with van der Waals surface area (Å²) in [5, 5.41) is 13.3. The molecule has 0 spiro atoms.